The van der Waals surface area contributed by atoms with Gasteiger partial charge < -0.3 is 14.6 Å². The van der Waals surface area contributed by atoms with Crippen LogP contribution in [0.1, 0.15) is 41.4 Å². The molecule has 28 heavy (non-hydrogen) atoms. The highest BCUT2D eigenvalue weighted by Gasteiger charge is 2.30. The fraction of sp³-hybridized carbons (Fsp3) is 0.421. The summed E-state index contributed by atoms with van der Waals surface area (Å²) in [6.07, 6.45) is 3.91. The van der Waals surface area contributed by atoms with Gasteiger partial charge in [0.05, 0.1) is 12.6 Å². The molecule has 150 valence electrons. The third-order valence-electron chi connectivity index (χ3n) is 5.23. The van der Waals surface area contributed by atoms with E-state index in [0.717, 1.165) is 28.6 Å². The van der Waals surface area contributed by atoms with Crippen LogP contribution < -0.4 is 10.1 Å². The van der Waals surface area contributed by atoms with Crippen LogP contribution in [-0.4, -0.2) is 42.9 Å². The molecule has 1 fully saturated rings. The van der Waals surface area contributed by atoms with Gasteiger partial charge in [-0.05, 0) is 37.1 Å². The molecule has 1 amide bonds. The summed E-state index contributed by atoms with van der Waals surface area (Å²) < 4.78 is 35.2. The molecule has 0 saturated carbocycles. The molecule has 0 aliphatic carbocycles. The van der Waals surface area contributed by atoms with Gasteiger partial charge in [-0.25, -0.2) is 8.42 Å². The van der Waals surface area contributed by atoms with E-state index in [1.54, 1.807) is 11.6 Å². The summed E-state index contributed by atoms with van der Waals surface area (Å²) in [7, 11) is -1.87. The van der Waals surface area contributed by atoms with Crippen molar-refractivity contribution < 1.29 is 17.9 Å². The molecular formula is C19H22BrN3O4S. The Kier molecular flexibility index (Phi) is 5.24. The number of carbonyl (C=O) groups is 1. The average molecular weight is 468 g/mol. The van der Waals surface area contributed by atoms with Crippen LogP contribution >= 0.6 is 15.9 Å². The largest absolute Gasteiger partial charge is 0.493 e. The smallest absolute Gasteiger partial charge is 0.268 e. The van der Waals surface area contributed by atoms with Crippen molar-refractivity contribution in [3.8, 4) is 5.75 Å². The molecular weight excluding hydrogens is 446 g/mol. The average Bonchev–Trinajstić information content (AvgIpc) is 3.32. The molecule has 1 N–H and O–H groups in total. The first-order valence-corrected chi connectivity index (χ1v) is 11.5. The van der Waals surface area contributed by atoms with Gasteiger partial charge in [0.2, 0.25) is 10.0 Å². The van der Waals surface area contributed by atoms with Crippen molar-refractivity contribution in [2.24, 2.45) is 7.05 Å². The lowest BCUT2D eigenvalue weighted by Gasteiger charge is -2.27. The Bertz CT molecular complexity index is 1010. The minimum atomic E-state index is -3.55. The van der Waals surface area contributed by atoms with E-state index in [4.69, 9.17) is 4.74 Å². The number of sulfonamides is 1. The van der Waals surface area contributed by atoms with Crippen molar-refractivity contribution in [1.29, 1.82) is 0 Å². The SMILES string of the molecule is Cn1cc(S(=O)(=O)N2CCCC2)cc1C(=O)NC1CCOc2ccc(Br)cc21. The standard InChI is InChI=1S/C19H22BrN3O4S/c1-22-12-14(28(25,26)23-7-2-3-8-23)11-17(22)19(24)21-16-6-9-27-18-5-4-13(20)10-15(16)18/h4-5,10-12,16H,2-3,6-9H2,1H3,(H,21,24). The quantitative estimate of drug-likeness (QED) is 0.749. The van der Waals surface area contributed by atoms with Gasteiger partial charge in [0.25, 0.3) is 5.91 Å². The minimum absolute atomic E-state index is 0.164. The molecule has 2 aliphatic rings. The predicted octanol–water partition coefficient (Wildman–Crippen LogP) is 2.83. The molecule has 7 nitrogen and oxygen atoms in total. The summed E-state index contributed by atoms with van der Waals surface area (Å²) in [6, 6.07) is 6.98. The summed E-state index contributed by atoms with van der Waals surface area (Å²) in [5.74, 6) is 0.451. The van der Waals surface area contributed by atoms with E-state index < -0.39 is 10.0 Å². The van der Waals surface area contributed by atoms with Crippen LogP contribution in [0.25, 0.3) is 0 Å². The van der Waals surface area contributed by atoms with E-state index in [-0.39, 0.29) is 16.8 Å². The molecule has 4 rings (SSSR count). The van der Waals surface area contributed by atoms with Gasteiger partial charge in [-0.1, -0.05) is 15.9 Å². The van der Waals surface area contributed by atoms with Crippen molar-refractivity contribution in [2.75, 3.05) is 19.7 Å². The van der Waals surface area contributed by atoms with Gasteiger partial charge in [0, 0.05) is 42.8 Å². The van der Waals surface area contributed by atoms with Crippen molar-refractivity contribution in [1.82, 2.24) is 14.2 Å². The molecule has 1 atom stereocenters. The Balaban J connectivity index is 1.57. The number of carbonyl (C=O) groups excluding carboxylic acids is 1. The molecule has 1 aromatic carbocycles. The van der Waals surface area contributed by atoms with Gasteiger partial charge >= 0.3 is 0 Å². The number of hydrogen-bond acceptors (Lipinski definition) is 4. The van der Waals surface area contributed by atoms with Crippen LogP contribution in [0.4, 0.5) is 0 Å². The second-order valence-corrected chi connectivity index (χ2v) is 9.98. The van der Waals surface area contributed by atoms with Gasteiger partial charge in [-0.15, -0.1) is 0 Å². The predicted molar refractivity (Wildman–Crippen MR) is 108 cm³/mol. The topological polar surface area (TPSA) is 80.6 Å². The Morgan fingerprint density at radius 1 is 1.25 bits per heavy atom. The number of aromatic nitrogens is 1. The zero-order chi connectivity index (χ0) is 19.9. The zero-order valence-corrected chi connectivity index (χ0v) is 17.9. The number of amides is 1. The Hall–Kier alpha value is -1.84. The molecule has 0 bridgehead atoms. The summed E-state index contributed by atoms with van der Waals surface area (Å²) in [5, 5.41) is 3.02. The van der Waals surface area contributed by atoms with Gasteiger partial charge in [-0.3, -0.25) is 4.79 Å². The van der Waals surface area contributed by atoms with Crippen molar-refractivity contribution in [2.45, 2.75) is 30.2 Å². The molecule has 9 heteroatoms. The van der Waals surface area contributed by atoms with E-state index in [9.17, 15) is 13.2 Å². The van der Waals surface area contributed by atoms with E-state index in [1.807, 2.05) is 18.2 Å². The van der Waals surface area contributed by atoms with Crippen LogP contribution in [0.2, 0.25) is 0 Å². The number of fused-ring (bicyclic) bond motifs is 1. The van der Waals surface area contributed by atoms with E-state index in [1.165, 1.54) is 16.6 Å². The van der Waals surface area contributed by atoms with Gasteiger partial charge in [0.15, 0.2) is 0 Å². The third-order valence-corrected chi connectivity index (χ3v) is 7.59. The normalized spacial score (nSPS) is 19.9. The van der Waals surface area contributed by atoms with Gasteiger partial charge in [0.1, 0.15) is 16.3 Å². The van der Waals surface area contributed by atoms with Crippen LogP contribution in [0, 0.1) is 0 Å². The third kappa shape index (κ3) is 3.58. The maximum absolute atomic E-state index is 12.9. The molecule has 0 radical (unpaired) electrons. The highest BCUT2D eigenvalue weighted by molar-refractivity contribution is 9.10. The number of nitrogens with one attached hydrogen (secondary N) is 1. The summed E-state index contributed by atoms with van der Waals surface area (Å²) in [5.41, 5.74) is 1.23. The number of nitrogens with zero attached hydrogens (tertiary/aromatic N) is 2. The number of rotatable bonds is 4. The molecule has 0 spiro atoms. The molecule has 2 aromatic rings. The number of halogens is 1. The molecule has 1 unspecified atom stereocenters. The summed E-state index contributed by atoms with van der Waals surface area (Å²) in [6.45, 7) is 1.58. The van der Waals surface area contributed by atoms with Crippen molar-refractivity contribution >= 4 is 31.9 Å². The fourth-order valence-electron chi connectivity index (χ4n) is 3.73. The lowest BCUT2D eigenvalue weighted by Crippen LogP contribution is -2.33. The monoisotopic (exact) mass is 467 g/mol. The lowest BCUT2D eigenvalue weighted by molar-refractivity contribution is 0.0916. The highest BCUT2D eigenvalue weighted by Crippen LogP contribution is 2.34. The summed E-state index contributed by atoms with van der Waals surface area (Å²) >= 11 is 3.45. The number of ether oxygens (including phenoxy) is 1. The maximum Gasteiger partial charge on any atom is 0.268 e. The number of aryl methyl sites for hydroxylation is 1. The number of benzene rings is 1. The number of hydrogen-bond donors (Lipinski definition) is 1. The molecule has 2 aliphatic heterocycles. The van der Waals surface area contributed by atoms with E-state index in [0.29, 0.717) is 31.8 Å². The Morgan fingerprint density at radius 2 is 2.00 bits per heavy atom. The fourth-order valence-corrected chi connectivity index (χ4v) is 5.69. The molecule has 1 aromatic heterocycles. The van der Waals surface area contributed by atoms with Crippen molar-refractivity contribution in [3.05, 3.63) is 46.2 Å². The Morgan fingerprint density at radius 3 is 2.75 bits per heavy atom. The second kappa shape index (κ2) is 7.53. The van der Waals surface area contributed by atoms with Crippen molar-refractivity contribution in [3.63, 3.8) is 0 Å². The first-order valence-electron chi connectivity index (χ1n) is 9.26. The Labute approximate surface area is 172 Å². The van der Waals surface area contributed by atoms with Crippen LogP contribution in [0.3, 0.4) is 0 Å². The zero-order valence-electron chi connectivity index (χ0n) is 15.5. The second-order valence-electron chi connectivity index (χ2n) is 7.13. The molecule has 3 heterocycles. The van der Waals surface area contributed by atoms with E-state index in [2.05, 4.69) is 21.2 Å². The lowest BCUT2D eigenvalue weighted by atomic mass is 10.0. The molecule has 1 saturated heterocycles. The van der Waals surface area contributed by atoms with Crippen LogP contribution in [0.5, 0.6) is 5.75 Å². The minimum Gasteiger partial charge on any atom is -0.493 e. The highest BCUT2D eigenvalue weighted by atomic mass is 79.9. The first kappa shape index (κ1) is 19.5. The van der Waals surface area contributed by atoms with E-state index >= 15 is 0 Å². The summed E-state index contributed by atoms with van der Waals surface area (Å²) in [4.78, 5) is 13.1. The maximum atomic E-state index is 12.9. The van der Waals surface area contributed by atoms with Crippen LogP contribution in [-0.2, 0) is 17.1 Å². The van der Waals surface area contributed by atoms with Crippen LogP contribution in [0.15, 0.2) is 39.8 Å². The van der Waals surface area contributed by atoms with Gasteiger partial charge in [-0.2, -0.15) is 4.31 Å². The first-order chi connectivity index (χ1) is 13.4.